The maximum absolute atomic E-state index is 11.5. The summed E-state index contributed by atoms with van der Waals surface area (Å²) in [5, 5.41) is 2.77. The first-order valence-corrected chi connectivity index (χ1v) is 5.45. The van der Waals surface area contributed by atoms with Crippen LogP contribution >= 0.6 is 0 Å². The van der Waals surface area contributed by atoms with Crippen molar-refractivity contribution >= 4 is 11.6 Å². The Morgan fingerprint density at radius 3 is 2.81 bits per heavy atom. The molecular formula is C12H18N2O2. The van der Waals surface area contributed by atoms with Gasteiger partial charge < -0.3 is 10.1 Å². The van der Waals surface area contributed by atoms with Crippen molar-refractivity contribution in [3.63, 3.8) is 0 Å². The highest BCUT2D eigenvalue weighted by Crippen LogP contribution is 2.12. The van der Waals surface area contributed by atoms with Crippen molar-refractivity contribution in [1.82, 2.24) is 4.98 Å². The molecule has 0 bridgehead atoms. The van der Waals surface area contributed by atoms with E-state index in [1.807, 2.05) is 32.9 Å². The van der Waals surface area contributed by atoms with Gasteiger partial charge in [0.15, 0.2) is 0 Å². The van der Waals surface area contributed by atoms with Gasteiger partial charge in [-0.2, -0.15) is 0 Å². The molecule has 0 aromatic carbocycles. The average molecular weight is 222 g/mol. The van der Waals surface area contributed by atoms with E-state index < -0.39 is 0 Å². The number of rotatable bonds is 5. The van der Waals surface area contributed by atoms with Crippen LogP contribution in [0.25, 0.3) is 0 Å². The molecular weight excluding hydrogens is 204 g/mol. The summed E-state index contributed by atoms with van der Waals surface area (Å²) in [7, 11) is 0. The third-order valence-corrected chi connectivity index (χ3v) is 2.08. The number of aromatic nitrogens is 1. The summed E-state index contributed by atoms with van der Waals surface area (Å²) >= 11 is 0. The summed E-state index contributed by atoms with van der Waals surface area (Å²) < 4.78 is 5.15. The van der Waals surface area contributed by atoms with Crippen molar-refractivity contribution in [3.05, 3.63) is 23.5 Å². The fraction of sp³-hybridized carbons (Fsp3) is 0.500. The van der Waals surface area contributed by atoms with Crippen LogP contribution in [0.4, 0.5) is 5.69 Å². The van der Waals surface area contributed by atoms with Gasteiger partial charge in [-0.05, 0) is 32.4 Å². The number of carbonyl (C=O) groups is 1. The number of nitrogens with zero attached hydrogens (tertiary/aromatic N) is 1. The topological polar surface area (TPSA) is 51.2 Å². The smallest absolute Gasteiger partial charge is 0.250 e. The molecule has 1 aromatic rings. The minimum atomic E-state index is -0.137. The highest BCUT2D eigenvalue weighted by molar-refractivity contribution is 5.92. The first kappa shape index (κ1) is 12.6. The van der Waals surface area contributed by atoms with Gasteiger partial charge in [-0.25, -0.2) is 0 Å². The largest absolute Gasteiger partial charge is 0.372 e. The van der Waals surface area contributed by atoms with E-state index in [1.54, 1.807) is 0 Å². The Kier molecular flexibility index (Phi) is 4.92. The highest BCUT2D eigenvalue weighted by Gasteiger charge is 2.05. The highest BCUT2D eigenvalue weighted by atomic mass is 16.5. The van der Waals surface area contributed by atoms with Crippen LogP contribution in [0.5, 0.6) is 0 Å². The molecule has 0 unspecified atom stereocenters. The van der Waals surface area contributed by atoms with Gasteiger partial charge in [0.25, 0.3) is 0 Å². The molecule has 1 N–H and O–H groups in total. The van der Waals surface area contributed by atoms with Gasteiger partial charge in [0.05, 0.1) is 11.4 Å². The zero-order valence-electron chi connectivity index (χ0n) is 10.0. The van der Waals surface area contributed by atoms with Gasteiger partial charge >= 0.3 is 0 Å². The molecule has 1 aromatic heterocycles. The molecule has 16 heavy (non-hydrogen) atoms. The first-order valence-electron chi connectivity index (χ1n) is 5.45. The number of ether oxygens (including phenoxy) is 1. The van der Waals surface area contributed by atoms with Crippen LogP contribution in [0, 0.1) is 13.8 Å². The van der Waals surface area contributed by atoms with E-state index in [2.05, 4.69) is 10.3 Å². The van der Waals surface area contributed by atoms with Gasteiger partial charge in [-0.1, -0.05) is 6.92 Å². The molecule has 0 aliphatic carbocycles. The number of hydrogen-bond acceptors (Lipinski definition) is 3. The van der Waals surface area contributed by atoms with Crippen LogP contribution in [0.2, 0.25) is 0 Å². The third-order valence-electron chi connectivity index (χ3n) is 2.08. The van der Waals surface area contributed by atoms with Gasteiger partial charge in [-0.15, -0.1) is 0 Å². The maximum Gasteiger partial charge on any atom is 0.250 e. The number of pyridine rings is 1. The van der Waals surface area contributed by atoms with E-state index >= 15 is 0 Å². The quantitative estimate of drug-likeness (QED) is 0.776. The Labute approximate surface area is 96.0 Å². The summed E-state index contributed by atoms with van der Waals surface area (Å²) in [6, 6.07) is 3.73. The van der Waals surface area contributed by atoms with Gasteiger partial charge in [0.2, 0.25) is 5.91 Å². The Bertz CT molecular complexity index is 364. The molecule has 88 valence electrons. The second-order valence-corrected chi connectivity index (χ2v) is 3.69. The van der Waals surface area contributed by atoms with Crippen LogP contribution in [0.1, 0.15) is 24.7 Å². The minimum absolute atomic E-state index is 0.0984. The molecule has 0 aliphatic heterocycles. The molecule has 0 spiro atoms. The van der Waals surface area contributed by atoms with E-state index in [0.717, 1.165) is 23.5 Å². The van der Waals surface area contributed by atoms with Crippen molar-refractivity contribution in [2.45, 2.75) is 27.2 Å². The van der Waals surface area contributed by atoms with E-state index in [4.69, 9.17) is 4.74 Å². The molecule has 0 saturated heterocycles. The lowest BCUT2D eigenvalue weighted by molar-refractivity contribution is -0.120. The maximum atomic E-state index is 11.5. The number of anilines is 1. The molecule has 0 aliphatic rings. The van der Waals surface area contributed by atoms with Crippen molar-refractivity contribution in [2.24, 2.45) is 0 Å². The SMILES string of the molecule is CCCOCC(=O)Nc1ccc(C)nc1C. The summed E-state index contributed by atoms with van der Waals surface area (Å²) in [6.07, 6.45) is 0.915. The number of aryl methyl sites for hydroxylation is 2. The second kappa shape index (κ2) is 6.23. The van der Waals surface area contributed by atoms with Gasteiger partial charge in [0, 0.05) is 12.3 Å². The molecule has 0 atom stereocenters. The van der Waals surface area contributed by atoms with Crippen molar-refractivity contribution in [1.29, 1.82) is 0 Å². The molecule has 0 radical (unpaired) electrons. The fourth-order valence-electron chi connectivity index (χ4n) is 1.31. The van der Waals surface area contributed by atoms with E-state index in [-0.39, 0.29) is 12.5 Å². The van der Waals surface area contributed by atoms with Crippen LogP contribution in [-0.4, -0.2) is 24.1 Å². The van der Waals surface area contributed by atoms with Crippen molar-refractivity contribution in [2.75, 3.05) is 18.5 Å². The Balaban J connectivity index is 2.49. The molecule has 0 fully saturated rings. The lowest BCUT2D eigenvalue weighted by Crippen LogP contribution is -2.19. The van der Waals surface area contributed by atoms with Crippen LogP contribution < -0.4 is 5.32 Å². The Hall–Kier alpha value is -1.42. The average Bonchev–Trinajstić information content (AvgIpc) is 2.23. The molecule has 1 rings (SSSR count). The van der Waals surface area contributed by atoms with E-state index in [9.17, 15) is 4.79 Å². The first-order chi connectivity index (χ1) is 7.63. The molecule has 4 nitrogen and oxygen atoms in total. The summed E-state index contributed by atoms with van der Waals surface area (Å²) in [6.45, 7) is 6.50. The molecule has 1 heterocycles. The monoisotopic (exact) mass is 222 g/mol. The molecule has 4 heteroatoms. The zero-order chi connectivity index (χ0) is 12.0. The van der Waals surface area contributed by atoms with Crippen molar-refractivity contribution < 1.29 is 9.53 Å². The Morgan fingerprint density at radius 2 is 2.19 bits per heavy atom. The summed E-state index contributed by atoms with van der Waals surface area (Å²) in [5.74, 6) is -0.137. The normalized spacial score (nSPS) is 10.2. The lowest BCUT2D eigenvalue weighted by atomic mass is 10.3. The number of nitrogens with one attached hydrogen (secondary N) is 1. The van der Waals surface area contributed by atoms with Crippen molar-refractivity contribution in [3.8, 4) is 0 Å². The van der Waals surface area contributed by atoms with E-state index in [1.165, 1.54) is 0 Å². The van der Waals surface area contributed by atoms with Gasteiger partial charge in [0.1, 0.15) is 6.61 Å². The number of carbonyl (C=O) groups excluding carboxylic acids is 1. The van der Waals surface area contributed by atoms with Gasteiger partial charge in [-0.3, -0.25) is 9.78 Å². The third kappa shape index (κ3) is 3.98. The summed E-state index contributed by atoms with van der Waals surface area (Å²) in [5.41, 5.74) is 2.51. The number of amides is 1. The fourth-order valence-corrected chi connectivity index (χ4v) is 1.31. The zero-order valence-corrected chi connectivity index (χ0v) is 10.0. The lowest BCUT2D eigenvalue weighted by Gasteiger charge is -2.08. The second-order valence-electron chi connectivity index (χ2n) is 3.69. The standard InChI is InChI=1S/C12H18N2O2/c1-4-7-16-8-12(15)14-11-6-5-9(2)13-10(11)3/h5-6H,4,7-8H2,1-3H3,(H,14,15). The minimum Gasteiger partial charge on any atom is -0.372 e. The Morgan fingerprint density at radius 1 is 1.44 bits per heavy atom. The van der Waals surface area contributed by atoms with Crippen LogP contribution in [0.15, 0.2) is 12.1 Å². The van der Waals surface area contributed by atoms with Crippen LogP contribution in [0.3, 0.4) is 0 Å². The number of hydrogen-bond donors (Lipinski definition) is 1. The molecule has 0 saturated carbocycles. The van der Waals surface area contributed by atoms with Crippen LogP contribution in [-0.2, 0) is 9.53 Å². The molecule has 1 amide bonds. The predicted octanol–water partition coefficient (Wildman–Crippen LogP) is 2.06. The van der Waals surface area contributed by atoms with E-state index in [0.29, 0.717) is 6.61 Å². The predicted molar refractivity (Wildman–Crippen MR) is 63.5 cm³/mol. The summed E-state index contributed by atoms with van der Waals surface area (Å²) in [4.78, 5) is 15.7.